The van der Waals surface area contributed by atoms with Gasteiger partial charge in [0.1, 0.15) is 0 Å². The number of ether oxygens (including phenoxy) is 1. The summed E-state index contributed by atoms with van der Waals surface area (Å²) in [5, 5.41) is 3.97. The zero-order chi connectivity index (χ0) is 24.6. The summed E-state index contributed by atoms with van der Waals surface area (Å²) in [6, 6.07) is 17.3. The van der Waals surface area contributed by atoms with Gasteiger partial charge in [-0.05, 0) is 78.8 Å². The Kier molecular flexibility index (Phi) is 6.80. The topological polar surface area (TPSA) is 44.8 Å². The predicted molar refractivity (Wildman–Crippen MR) is 143 cm³/mol. The fraction of sp³-hybridized carbons (Fsp3) is 0.567. The van der Waals surface area contributed by atoms with Crippen molar-refractivity contribution in [3.8, 4) is 0 Å². The molecule has 188 valence electrons. The summed E-state index contributed by atoms with van der Waals surface area (Å²) in [6.07, 6.45) is 2.72. The van der Waals surface area contributed by atoms with Gasteiger partial charge in [0.25, 0.3) is 0 Å². The molecule has 1 saturated heterocycles. The molecule has 35 heavy (non-hydrogen) atoms. The lowest BCUT2D eigenvalue weighted by Gasteiger charge is -2.62. The third-order valence-corrected chi connectivity index (χ3v) is 9.22. The molecule has 0 unspecified atom stereocenters. The van der Waals surface area contributed by atoms with Crippen LogP contribution in [0, 0.1) is 23.2 Å². The number of carbonyl (C=O) groups excluding carboxylic acids is 1. The first kappa shape index (κ1) is 24.2. The van der Waals surface area contributed by atoms with Gasteiger partial charge >= 0.3 is 5.97 Å². The number of nitrogens with one attached hydrogen (secondary N) is 1. The molecule has 2 aromatic rings. The van der Waals surface area contributed by atoms with Gasteiger partial charge in [-0.2, -0.15) is 0 Å². The second kappa shape index (κ2) is 9.85. The molecule has 0 radical (unpaired) electrons. The van der Waals surface area contributed by atoms with E-state index in [1.165, 1.54) is 29.8 Å². The average molecular weight is 476 g/mol. The molecule has 0 spiro atoms. The number of hydrogen-bond acceptors (Lipinski definition) is 5. The lowest BCUT2D eigenvalue weighted by atomic mass is 9.45. The lowest BCUT2D eigenvalue weighted by molar-refractivity contribution is -0.105. The maximum atomic E-state index is 11.9. The highest BCUT2D eigenvalue weighted by Gasteiger charge is 2.56. The van der Waals surface area contributed by atoms with E-state index in [-0.39, 0.29) is 5.97 Å². The molecule has 1 heterocycles. The smallest absolute Gasteiger partial charge is 0.338 e. The van der Waals surface area contributed by atoms with E-state index in [2.05, 4.69) is 60.2 Å². The summed E-state index contributed by atoms with van der Waals surface area (Å²) in [5.74, 6) is 2.19. The number of fused-ring (bicyclic) bond motifs is 2. The van der Waals surface area contributed by atoms with Crippen LogP contribution in [0.4, 0.5) is 11.4 Å². The average Bonchev–Trinajstić information content (AvgIpc) is 2.87. The minimum atomic E-state index is -0.250. The van der Waals surface area contributed by atoms with Crippen LogP contribution < -0.4 is 10.2 Å². The molecule has 2 bridgehead atoms. The van der Waals surface area contributed by atoms with Crippen LogP contribution in [-0.2, 0) is 11.3 Å². The van der Waals surface area contributed by atoms with Crippen molar-refractivity contribution in [2.45, 2.75) is 53.1 Å². The number of nitrogens with zero attached hydrogens (tertiary/aromatic N) is 2. The van der Waals surface area contributed by atoms with Crippen LogP contribution in [-0.4, -0.2) is 49.7 Å². The predicted octanol–water partition coefficient (Wildman–Crippen LogP) is 5.67. The summed E-state index contributed by atoms with van der Waals surface area (Å²) in [7, 11) is 0. The number of rotatable bonds is 7. The Labute approximate surface area is 210 Å². The monoisotopic (exact) mass is 475 g/mol. The van der Waals surface area contributed by atoms with Crippen molar-refractivity contribution in [1.29, 1.82) is 0 Å². The van der Waals surface area contributed by atoms with Crippen molar-refractivity contribution < 1.29 is 9.53 Å². The molecule has 2 aromatic carbocycles. The van der Waals surface area contributed by atoms with Crippen molar-refractivity contribution in [1.82, 2.24) is 4.90 Å². The van der Waals surface area contributed by atoms with E-state index in [1.807, 2.05) is 31.2 Å². The second-order valence-electron chi connectivity index (χ2n) is 11.4. The van der Waals surface area contributed by atoms with Gasteiger partial charge in [-0.15, -0.1) is 0 Å². The number of carbonyl (C=O) groups is 1. The molecule has 5 nitrogen and oxygen atoms in total. The van der Waals surface area contributed by atoms with Gasteiger partial charge in [-0.3, -0.25) is 4.90 Å². The van der Waals surface area contributed by atoms with Crippen LogP contribution in [0.3, 0.4) is 0 Å². The normalized spacial score (nSPS) is 27.7. The van der Waals surface area contributed by atoms with E-state index in [4.69, 9.17) is 4.74 Å². The number of piperazine rings is 1. The van der Waals surface area contributed by atoms with Crippen molar-refractivity contribution in [3.05, 3.63) is 59.7 Å². The van der Waals surface area contributed by atoms with Crippen LogP contribution in [0.1, 0.15) is 56.5 Å². The number of hydrogen-bond donors (Lipinski definition) is 1. The summed E-state index contributed by atoms with van der Waals surface area (Å²) in [4.78, 5) is 16.9. The fourth-order valence-corrected chi connectivity index (χ4v) is 6.77. The highest BCUT2D eigenvalue weighted by atomic mass is 16.5. The molecule has 1 aliphatic heterocycles. The Balaban J connectivity index is 1.17. The molecule has 6 rings (SSSR count). The molecule has 4 fully saturated rings. The van der Waals surface area contributed by atoms with Crippen LogP contribution in [0.25, 0.3) is 0 Å². The maximum Gasteiger partial charge on any atom is 0.338 e. The Morgan fingerprint density at radius 3 is 2.40 bits per heavy atom. The van der Waals surface area contributed by atoms with Crippen molar-refractivity contribution in [3.63, 3.8) is 0 Å². The molecule has 4 aliphatic rings. The van der Waals surface area contributed by atoms with Crippen LogP contribution in [0.2, 0.25) is 0 Å². The van der Waals surface area contributed by atoms with E-state index in [0.29, 0.717) is 23.6 Å². The van der Waals surface area contributed by atoms with Gasteiger partial charge in [0.2, 0.25) is 0 Å². The maximum absolute atomic E-state index is 11.9. The molecule has 3 aliphatic carbocycles. The number of esters is 1. The minimum absolute atomic E-state index is 0.250. The van der Waals surface area contributed by atoms with E-state index in [1.54, 1.807) is 0 Å². The zero-order valence-corrected chi connectivity index (χ0v) is 21.8. The Hall–Kier alpha value is -2.53. The largest absolute Gasteiger partial charge is 0.462 e. The summed E-state index contributed by atoms with van der Waals surface area (Å²) < 4.78 is 5.10. The van der Waals surface area contributed by atoms with Crippen LogP contribution >= 0.6 is 0 Å². The molecule has 0 amide bonds. The van der Waals surface area contributed by atoms with Crippen LogP contribution in [0.5, 0.6) is 0 Å². The molecule has 3 saturated carbocycles. The molecular formula is C30H41N3O2. The summed E-state index contributed by atoms with van der Waals surface area (Å²) in [5.41, 5.74) is 5.04. The third-order valence-electron chi connectivity index (χ3n) is 9.22. The molecule has 1 N–H and O–H groups in total. The highest BCUT2D eigenvalue weighted by Crippen LogP contribution is 2.61. The molecule has 0 aromatic heterocycles. The lowest BCUT2D eigenvalue weighted by Crippen LogP contribution is -2.58. The first-order valence-electron chi connectivity index (χ1n) is 13.5. The first-order chi connectivity index (χ1) is 16.9. The Morgan fingerprint density at radius 2 is 1.74 bits per heavy atom. The molecule has 5 heteroatoms. The van der Waals surface area contributed by atoms with E-state index < -0.39 is 0 Å². The van der Waals surface area contributed by atoms with Gasteiger partial charge in [0.05, 0.1) is 12.2 Å². The van der Waals surface area contributed by atoms with Crippen molar-refractivity contribution in [2.24, 2.45) is 23.2 Å². The SMILES string of the molecule is CCOC(=O)c1ccc(N2CCN(Cc3ccccc3N[C@H]3C[C@H]4C[C@H]([C@H]3C)C4(C)C)CC2)cc1. The minimum Gasteiger partial charge on any atom is -0.462 e. The first-order valence-corrected chi connectivity index (χ1v) is 13.5. The Bertz CT molecular complexity index is 1030. The van der Waals surface area contributed by atoms with E-state index in [0.717, 1.165) is 50.5 Å². The number of para-hydroxylation sites is 1. The van der Waals surface area contributed by atoms with E-state index >= 15 is 0 Å². The molecule has 4 atom stereocenters. The van der Waals surface area contributed by atoms with Gasteiger partial charge in [0.15, 0.2) is 0 Å². The second-order valence-corrected chi connectivity index (χ2v) is 11.4. The highest BCUT2D eigenvalue weighted by molar-refractivity contribution is 5.89. The number of anilines is 2. The van der Waals surface area contributed by atoms with Gasteiger partial charge in [-0.25, -0.2) is 4.79 Å². The van der Waals surface area contributed by atoms with E-state index in [9.17, 15) is 4.79 Å². The quantitative estimate of drug-likeness (QED) is 0.523. The standard InChI is InChI=1S/C30H41N3O2/c1-5-35-29(34)22-10-12-25(13-11-22)33-16-14-32(15-17-33)20-23-8-6-7-9-27(23)31-28-19-24-18-26(21(28)2)30(24,3)4/h6-13,21,24,26,28,31H,5,14-20H2,1-4H3/t21-,24-,26-,28+/m1/s1. The third kappa shape index (κ3) is 4.80. The zero-order valence-electron chi connectivity index (χ0n) is 21.8. The summed E-state index contributed by atoms with van der Waals surface area (Å²) in [6.45, 7) is 14.7. The summed E-state index contributed by atoms with van der Waals surface area (Å²) >= 11 is 0. The molecular weight excluding hydrogens is 434 g/mol. The fourth-order valence-electron chi connectivity index (χ4n) is 6.77. The van der Waals surface area contributed by atoms with Crippen LogP contribution in [0.15, 0.2) is 48.5 Å². The Morgan fingerprint density at radius 1 is 1.03 bits per heavy atom. The number of benzene rings is 2. The van der Waals surface area contributed by atoms with Crippen molar-refractivity contribution in [2.75, 3.05) is 43.0 Å². The van der Waals surface area contributed by atoms with Gasteiger partial charge in [0, 0.05) is 50.1 Å². The van der Waals surface area contributed by atoms with Gasteiger partial charge in [-0.1, -0.05) is 39.0 Å². The van der Waals surface area contributed by atoms with Crippen molar-refractivity contribution >= 4 is 17.3 Å². The van der Waals surface area contributed by atoms with Gasteiger partial charge < -0.3 is 15.0 Å².